The molecular formula is C9H12O2S. The lowest BCUT2D eigenvalue weighted by Gasteiger charge is -2.03. The lowest BCUT2D eigenvalue weighted by Crippen LogP contribution is -1.86. The van der Waals surface area contributed by atoms with Crippen LogP contribution in [0.3, 0.4) is 0 Å². The molecule has 1 aromatic rings. The number of hydrogen-bond donors (Lipinski definition) is 3. The first-order valence-corrected chi connectivity index (χ1v) is 4.49. The van der Waals surface area contributed by atoms with E-state index < -0.39 is 0 Å². The third-order valence-corrected chi connectivity index (χ3v) is 2.02. The van der Waals surface area contributed by atoms with Crippen molar-refractivity contribution in [3.63, 3.8) is 0 Å². The third-order valence-electron chi connectivity index (χ3n) is 1.70. The van der Waals surface area contributed by atoms with Crippen LogP contribution in [0.4, 0.5) is 0 Å². The average Bonchev–Trinajstić information content (AvgIpc) is 2.08. The fraction of sp³-hybridized carbons (Fsp3) is 0.333. The quantitative estimate of drug-likeness (QED) is 0.496. The summed E-state index contributed by atoms with van der Waals surface area (Å²) < 4.78 is 0. The maximum Gasteiger partial charge on any atom is 0.160 e. The number of aryl methyl sites for hydroxylation is 1. The molecule has 0 heterocycles. The van der Waals surface area contributed by atoms with Crippen molar-refractivity contribution in [1.82, 2.24) is 0 Å². The van der Waals surface area contributed by atoms with Gasteiger partial charge in [0.25, 0.3) is 0 Å². The molecule has 0 atom stereocenters. The Morgan fingerprint density at radius 3 is 2.67 bits per heavy atom. The summed E-state index contributed by atoms with van der Waals surface area (Å²) in [6.07, 6.45) is 1.66. The van der Waals surface area contributed by atoms with E-state index in [2.05, 4.69) is 12.6 Å². The first-order valence-electron chi connectivity index (χ1n) is 3.86. The van der Waals surface area contributed by atoms with Crippen molar-refractivity contribution in [2.45, 2.75) is 12.8 Å². The lowest BCUT2D eigenvalue weighted by molar-refractivity contribution is 0.399. The number of para-hydroxylation sites is 1. The van der Waals surface area contributed by atoms with Gasteiger partial charge in [-0.2, -0.15) is 12.6 Å². The maximum atomic E-state index is 9.35. The predicted molar refractivity (Wildman–Crippen MR) is 51.9 cm³/mol. The highest BCUT2D eigenvalue weighted by Gasteiger charge is 2.03. The number of aromatic hydroxyl groups is 2. The molecule has 0 aliphatic rings. The van der Waals surface area contributed by atoms with Gasteiger partial charge in [0.05, 0.1) is 0 Å². The van der Waals surface area contributed by atoms with Crippen LogP contribution >= 0.6 is 12.6 Å². The monoisotopic (exact) mass is 184 g/mol. The number of phenols is 2. The van der Waals surface area contributed by atoms with Crippen LogP contribution in [-0.2, 0) is 6.42 Å². The van der Waals surface area contributed by atoms with Crippen molar-refractivity contribution in [2.24, 2.45) is 0 Å². The number of rotatable bonds is 3. The second kappa shape index (κ2) is 4.26. The summed E-state index contributed by atoms with van der Waals surface area (Å²) >= 11 is 4.07. The molecule has 2 N–H and O–H groups in total. The summed E-state index contributed by atoms with van der Waals surface area (Å²) in [4.78, 5) is 0. The van der Waals surface area contributed by atoms with Crippen LogP contribution in [0.25, 0.3) is 0 Å². The minimum atomic E-state index is -0.0494. The molecule has 3 heteroatoms. The zero-order valence-corrected chi connectivity index (χ0v) is 7.59. The number of thiol groups is 1. The molecule has 0 saturated heterocycles. The van der Waals surface area contributed by atoms with Crippen molar-refractivity contribution < 1.29 is 10.2 Å². The molecule has 1 aromatic carbocycles. The van der Waals surface area contributed by atoms with Gasteiger partial charge in [0.1, 0.15) is 0 Å². The molecule has 66 valence electrons. The Kier molecular flexibility index (Phi) is 3.29. The highest BCUT2D eigenvalue weighted by molar-refractivity contribution is 7.80. The van der Waals surface area contributed by atoms with Crippen LogP contribution in [0, 0.1) is 0 Å². The molecule has 0 aliphatic heterocycles. The normalized spacial score (nSPS) is 10.1. The van der Waals surface area contributed by atoms with E-state index in [1.54, 1.807) is 12.1 Å². The zero-order chi connectivity index (χ0) is 8.97. The summed E-state index contributed by atoms with van der Waals surface area (Å²) in [5, 5.41) is 18.5. The van der Waals surface area contributed by atoms with Crippen molar-refractivity contribution >= 4 is 12.6 Å². The molecule has 12 heavy (non-hydrogen) atoms. The molecule has 0 fully saturated rings. The fourth-order valence-corrected chi connectivity index (χ4v) is 1.21. The third kappa shape index (κ3) is 2.08. The van der Waals surface area contributed by atoms with Gasteiger partial charge in [0, 0.05) is 0 Å². The zero-order valence-electron chi connectivity index (χ0n) is 6.70. The topological polar surface area (TPSA) is 40.5 Å². The van der Waals surface area contributed by atoms with E-state index in [4.69, 9.17) is 5.11 Å². The fourth-order valence-electron chi connectivity index (χ4n) is 1.05. The molecule has 0 radical (unpaired) electrons. The molecule has 0 unspecified atom stereocenters. The van der Waals surface area contributed by atoms with Gasteiger partial charge in [-0.05, 0) is 30.2 Å². The Bertz CT molecular complexity index is 261. The molecule has 0 bridgehead atoms. The Balaban J connectivity index is 2.78. The standard InChI is InChI=1S/C9H12O2S/c10-8-5-1-3-7(9(8)11)4-2-6-12/h1,3,5,10-12H,2,4,6H2. The molecule has 0 aliphatic carbocycles. The van der Waals surface area contributed by atoms with Gasteiger partial charge in [0.15, 0.2) is 11.5 Å². The van der Waals surface area contributed by atoms with E-state index in [0.717, 1.165) is 24.2 Å². The lowest BCUT2D eigenvalue weighted by atomic mass is 10.1. The summed E-state index contributed by atoms with van der Waals surface area (Å²) in [6.45, 7) is 0. The predicted octanol–water partition coefficient (Wildman–Crippen LogP) is 1.96. The molecular weight excluding hydrogens is 172 g/mol. The van der Waals surface area contributed by atoms with Gasteiger partial charge < -0.3 is 10.2 Å². The first-order chi connectivity index (χ1) is 5.75. The first kappa shape index (κ1) is 9.26. The van der Waals surface area contributed by atoms with Gasteiger partial charge in [-0.15, -0.1) is 0 Å². The molecule has 1 rings (SSSR count). The minimum absolute atomic E-state index is 0.000664. The Morgan fingerprint density at radius 1 is 1.25 bits per heavy atom. The van der Waals surface area contributed by atoms with Gasteiger partial charge in [-0.1, -0.05) is 12.1 Å². The van der Waals surface area contributed by atoms with Crippen molar-refractivity contribution in [1.29, 1.82) is 0 Å². The summed E-state index contributed by atoms with van der Waals surface area (Å²) in [6, 6.07) is 5.00. The number of benzene rings is 1. The molecule has 2 nitrogen and oxygen atoms in total. The highest BCUT2D eigenvalue weighted by Crippen LogP contribution is 2.28. The number of hydrogen-bond acceptors (Lipinski definition) is 3. The molecule has 0 saturated carbocycles. The van der Waals surface area contributed by atoms with Crippen LogP contribution in [-0.4, -0.2) is 16.0 Å². The Morgan fingerprint density at radius 2 is 2.00 bits per heavy atom. The smallest absolute Gasteiger partial charge is 0.160 e. The van der Waals surface area contributed by atoms with E-state index in [1.165, 1.54) is 6.07 Å². The summed E-state index contributed by atoms with van der Waals surface area (Å²) in [5.41, 5.74) is 0.782. The van der Waals surface area contributed by atoms with E-state index in [0.29, 0.717) is 0 Å². The van der Waals surface area contributed by atoms with Gasteiger partial charge >= 0.3 is 0 Å². The minimum Gasteiger partial charge on any atom is -0.504 e. The van der Waals surface area contributed by atoms with Crippen molar-refractivity contribution in [3.8, 4) is 11.5 Å². The van der Waals surface area contributed by atoms with Crippen LogP contribution in [0.5, 0.6) is 11.5 Å². The Labute approximate surface area is 77.3 Å². The van der Waals surface area contributed by atoms with Crippen molar-refractivity contribution in [2.75, 3.05) is 5.75 Å². The second-order valence-electron chi connectivity index (χ2n) is 2.61. The molecule has 0 spiro atoms. The van der Waals surface area contributed by atoms with E-state index in [-0.39, 0.29) is 11.5 Å². The van der Waals surface area contributed by atoms with Gasteiger partial charge in [0.2, 0.25) is 0 Å². The van der Waals surface area contributed by atoms with Gasteiger partial charge in [-0.25, -0.2) is 0 Å². The summed E-state index contributed by atoms with van der Waals surface area (Å²) in [7, 11) is 0. The molecule has 0 aromatic heterocycles. The second-order valence-corrected chi connectivity index (χ2v) is 3.06. The summed E-state index contributed by atoms with van der Waals surface area (Å²) in [5.74, 6) is 0.737. The van der Waals surface area contributed by atoms with Crippen molar-refractivity contribution in [3.05, 3.63) is 23.8 Å². The van der Waals surface area contributed by atoms with E-state index in [9.17, 15) is 5.11 Å². The Hall–Kier alpha value is -0.830. The maximum absolute atomic E-state index is 9.35. The largest absolute Gasteiger partial charge is 0.504 e. The van der Waals surface area contributed by atoms with Crippen LogP contribution < -0.4 is 0 Å². The van der Waals surface area contributed by atoms with E-state index in [1.807, 2.05) is 0 Å². The molecule has 0 amide bonds. The van der Waals surface area contributed by atoms with Crippen LogP contribution in [0.1, 0.15) is 12.0 Å². The van der Waals surface area contributed by atoms with Crippen LogP contribution in [0.15, 0.2) is 18.2 Å². The van der Waals surface area contributed by atoms with Gasteiger partial charge in [-0.3, -0.25) is 0 Å². The van der Waals surface area contributed by atoms with E-state index >= 15 is 0 Å². The number of phenolic OH excluding ortho intramolecular Hbond substituents is 2. The average molecular weight is 184 g/mol. The highest BCUT2D eigenvalue weighted by atomic mass is 32.1. The van der Waals surface area contributed by atoms with Crippen LogP contribution in [0.2, 0.25) is 0 Å². The SMILES string of the molecule is Oc1cccc(CCCS)c1O.